The van der Waals surface area contributed by atoms with Crippen molar-refractivity contribution in [2.75, 3.05) is 19.8 Å². The Labute approximate surface area is 99.9 Å². The summed E-state index contributed by atoms with van der Waals surface area (Å²) in [6, 6.07) is 0.659. The average Bonchev–Trinajstić information content (AvgIpc) is 2.27. The van der Waals surface area contributed by atoms with Crippen molar-refractivity contribution >= 4 is 0 Å². The highest BCUT2D eigenvalue weighted by atomic mass is 16.7. The van der Waals surface area contributed by atoms with E-state index in [-0.39, 0.29) is 6.29 Å². The summed E-state index contributed by atoms with van der Waals surface area (Å²) < 4.78 is 11.0. The van der Waals surface area contributed by atoms with Gasteiger partial charge in [-0.3, -0.25) is 0 Å². The van der Waals surface area contributed by atoms with Crippen LogP contribution in [-0.4, -0.2) is 32.1 Å². The molecule has 0 bridgehead atoms. The van der Waals surface area contributed by atoms with E-state index in [1.807, 2.05) is 13.8 Å². The summed E-state index contributed by atoms with van der Waals surface area (Å²) in [4.78, 5) is 0. The predicted octanol–water partition coefficient (Wildman–Crippen LogP) is 2.55. The maximum Gasteiger partial charge on any atom is 0.169 e. The van der Waals surface area contributed by atoms with Gasteiger partial charge in [-0.2, -0.15) is 0 Å². The molecule has 3 nitrogen and oxygen atoms in total. The van der Waals surface area contributed by atoms with Crippen molar-refractivity contribution < 1.29 is 9.47 Å². The van der Waals surface area contributed by atoms with E-state index in [0.717, 1.165) is 12.5 Å². The lowest BCUT2D eigenvalue weighted by Crippen LogP contribution is -2.40. The van der Waals surface area contributed by atoms with E-state index in [2.05, 4.69) is 12.2 Å². The lowest BCUT2D eigenvalue weighted by atomic mass is 9.87. The molecule has 0 aromatic heterocycles. The first kappa shape index (κ1) is 13.9. The lowest BCUT2D eigenvalue weighted by Gasteiger charge is -2.29. The molecule has 1 saturated carbocycles. The Morgan fingerprint density at radius 2 is 1.88 bits per heavy atom. The molecule has 16 heavy (non-hydrogen) atoms. The third-order valence-electron chi connectivity index (χ3n) is 3.21. The summed E-state index contributed by atoms with van der Waals surface area (Å²) in [5.74, 6) is 0.865. The molecule has 2 unspecified atom stereocenters. The second kappa shape index (κ2) is 8.04. The average molecular weight is 229 g/mol. The summed E-state index contributed by atoms with van der Waals surface area (Å²) in [6.07, 6.45) is 5.26. The van der Waals surface area contributed by atoms with Crippen molar-refractivity contribution in [1.29, 1.82) is 0 Å². The fourth-order valence-electron chi connectivity index (χ4n) is 2.42. The van der Waals surface area contributed by atoms with Crippen molar-refractivity contribution in [1.82, 2.24) is 5.32 Å². The highest BCUT2D eigenvalue weighted by Crippen LogP contribution is 2.23. The maximum absolute atomic E-state index is 5.52. The molecule has 0 aromatic carbocycles. The minimum absolute atomic E-state index is 0.0766. The lowest BCUT2D eigenvalue weighted by molar-refractivity contribution is -0.134. The maximum atomic E-state index is 5.52. The molecule has 0 heterocycles. The number of hydrogen-bond donors (Lipinski definition) is 1. The smallest absolute Gasteiger partial charge is 0.169 e. The fraction of sp³-hybridized carbons (Fsp3) is 1.00. The van der Waals surface area contributed by atoms with E-state index in [1.54, 1.807) is 0 Å². The fourth-order valence-corrected chi connectivity index (χ4v) is 2.42. The van der Waals surface area contributed by atoms with Crippen LogP contribution < -0.4 is 5.32 Å². The molecule has 0 amide bonds. The van der Waals surface area contributed by atoms with Crippen molar-refractivity contribution in [2.24, 2.45) is 5.92 Å². The van der Waals surface area contributed by atoms with Gasteiger partial charge in [0.2, 0.25) is 0 Å². The highest BCUT2D eigenvalue weighted by Gasteiger charge is 2.19. The van der Waals surface area contributed by atoms with Crippen molar-refractivity contribution in [3.8, 4) is 0 Å². The largest absolute Gasteiger partial charge is 0.352 e. The van der Waals surface area contributed by atoms with Gasteiger partial charge in [-0.25, -0.2) is 0 Å². The molecule has 1 aliphatic rings. The van der Waals surface area contributed by atoms with Crippen LogP contribution in [0.2, 0.25) is 0 Å². The van der Waals surface area contributed by atoms with E-state index >= 15 is 0 Å². The Morgan fingerprint density at radius 3 is 2.44 bits per heavy atom. The molecule has 0 spiro atoms. The summed E-state index contributed by atoms with van der Waals surface area (Å²) in [5, 5.41) is 3.57. The quantitative estimate of drug-likeness (QED) is 0.681. The first-order chi connectivity index (χ1) is 7.76. The van der Waals surface area contributed by atoms with E-state index in [9.17, 15) is 0 Å². The molecule has 3 heteroatoms. The van der Waals surface area contributed by atoms with Crippen LogP contribution in [0.5, 0.6) is 0 Å². The zero-order chi connectivity index (χ0) is 11.8. The third-order valence-corrected chi connectivity index (χ3v) is 3.21. The molecule has 0 radical (unpaired) electrons. The molecule has 0 saturated heterocycles. The Kier molecular flexibility index (Phi) is 7.01. The van der Waals surface area contributed by atoms with E-state index < -0.39 is 0 Å². The van der Waals surface area contributed by atoms with Crippen LogP contribution in [-0.2, 0) is 9.47 Å². The number of hydrogen-bond acceptors (Lipinski definition) is 3. The second-order valence-electron chi connectivity index (χ2n) is 4.72. The minimum atomic E-state index is -0.0766. The molecule has 1 N–H and O–H groups in total. The van der Waals surface area contributed by atoms with Gasteiger partial charge in [0.15, 0.2) is 6.29 Å². The molecular weight excluding hydrogens is 202 g/mol. The topological polar surface area (TPSA) is 30.5 Å². The standard InChI is InChI=1S/C13H27NO2/c1-4-15-13(16-5-2)10-14-12-8-6-7-11(3)9-12/h11-14H,4-10H2,1-3H3. The van der Waals surface area contributed by atoms with Gasteiger partial charge < -0.3 is 14.8 Å². The van der Waals surface area contributed by atoms with Crippen LogP contribution in [0.25, 0.3) is 0 Å². The van der Waals surface area contributed by atoms with Crippen LogP contribution in [0.4, 0.5) is 0 Å². The molecular formula is C13H27NO2. The van der Waals surface area contributed by atoms with Gasteiger partial charge >= 0.3 is 0 Å². The molecule has 0 aromatic rings. The van der Waals surface area contributed by atoms with E-state index in [1.165, 1.54) is 25.7 Å². The first-order valence-corrected chi connectivity index (χ1v) is 6.72. The Morgan fingerprint density at radius 1 is 1.19 bits per heavy atom. The molecule has 1 aliphatic carbocycles. The van der Waals surface area contributed by atoms with E-state index in [4.69, 9.17) is 9.47 Å². The zero-order valence-corrected chi connectivity index (χ0v) is 11.0. The van der Waals surface area contributed by atoms with Gasteiger partial charge in [0.25, 0.3) is 0 Å². The molecule has 96 valence electrons. The van der Waals surface area contributed by atoms with Gasteiger partial charge in [-0.05, 0) is 32.6 Å². The van der Waals surface area contributed by atoms with Gasteiger partial charge in [0.05, 0.1) is 0 Å². The van der Waals surface area contributed by atoms with Crippen LogP contribution in [0, 0.1) is 5.92 Å². The van der Waals surface area contributed by atoms with Crippen LogP contribution in [0.3, 0.4) is 0 Å². The SMILES string of the molecule is CCOC(CNC1CCCC(C)C1)OCC. The molecule has 2 atom stereocenters. The van der Waals surface area contributed by atoms with Gasteiger partial charge in [0.1, 0.15) is 0 Å². The Balaban J connectivity index is 2.19. The Bertz CT molecular complexity index is 165. The summed E-state index contributed by atoms with van der Waals surface area (Å²) in [7, 11) is 0. The molecule has 1 rings (SSSR count). The minimum Gasteiger partial charge on any atom is -0.352 e. The number of rotatable bonds is 7. The normalized spacial score (nSPS) is 26.2. The number of nitrogens with one attached hydrogen (secondary N) is 1. The van der Waals surface area contributed by atoms with Gasteiger partial charge in [-0.1, -0.05) is 19.8 Å². The summed E-state index contributed by atoms with van der Waals surface area (Å²) >= 11 is 0. The van der Waals surface area contributed by atoms with Crippen LogP contribution >= 0.6 is 0 Å². The summed E-state index contributed by atoms with van der Waals surface area (Å²) in [6.45, 7) is 8.61. The zero-order valence-electron chi connectivity index (χ0n) is 11.0. The monoisotopic (exact) mass is 229 g/mol. The van der Waals surface area contributed by atoms with E-state index in [0.29, 0.717) is 19.3 Å². The molecule has 1 fully saturated rings. The van der Waals surface area contributed by atoms with Crippen LogP contribution in [0.1, 0.15) is 46.5 Å². The van der Waals surface area contributed by atoms with Crippen molar-refractivity contribution in [3.05, 3.63) is 0 Å². The van der Waals surface area contributed by atoms with Crippen molar-refractivity contribution in [2.45, 2.75) is 58.8 Å². The van der Waals surface area contributed by atoms with Crippen molar-refractivity contribution in [3.63, 3.8) is 0 Å². The van der Waals surface area contributed by atoms with Gasteiger partial charge in [0, 0.05) is 25.8 Å². The van der Waals surface area contributed by atoms with Gasteiger partial charge in [-0.15, -0.1) is 0 Å². The molecule has 0 aliphatic heterocycles. The second-order valence-corrected chi connectivity index (χ2v) is 4.72. The third kappa shape index (κ3) is 5.28. The van der Waals surface area contributed by atoms with Crippen LogP contribution in [0.15, 0.2) is 0 Å². The highest BCUT2D eigenvalue weighted by molar-refractivity contribution is 4.76. The first-order valence-electron chi connectivity index (χ1n) is 6.72. The number of ether oxygens (including phenoxy) is 2. The summed E-state index contributed by atoms with van der Waals surface area (Å²) in [5.41, 5.74) is 0. The predicted molar refractivity (Wildman–Crippen MR) is 66.5 cm³/mol. The Hall–Kier alpha value is -0.120.